The van der Waals surface area contributed by atoms with E-state index in [-0.39, 0.29) is 12.5 Å². The first-order valence-electron chi connectivity index (χ1n) is 10.4. The molecule has 0 unspecified atom stereocenters. The quantitative estimate of drug-likeness (QED) is 0.255. The second-order valence-electron chi connectivity index (χ2n) is 7.40. The van der Waals surface area contributed by atoms with Gasteiger partial charge >= 0.3 is 0 Å². The molecule has 0 aliphatic heterocycles. The van der Waals surface area contributed by atoms with Crippen LogP contribution in [0.3, 0.4) is 0 Å². The van der Waals surface area contributed by atoms with Crippen LogP contribution in [0.4, 0.5) is 11.4 Å². The van der Waals surface area contributed by atoms with Gasteiger partial charge in [-0.3, -0.25) is 4.79 Å². The maximum absolute atomic E-state index is 12.4. The Morgan fingerprint density at radius 3 is 2.55 bits per heavy atom. The summed E-state index contributed by atoms with van der Waals surface area (Å²) in [4.78, 5) is 12.4. The van der Waals surface area contributed by atoms with E-state index in [0.717, 1.165) is 31.0 Å². The highest BCUT2D eigenvalue weighted by atomic mass is 127. The molecule has 0 saturated carbocycles. The zero-order valence-corrected chi connectivity index (χ0v) is 22.3. The molecule has 3 aromatic carbocycles. The van der Waals surface area contributed by atoms with Crippen LogP contribution in [-0.2, 0) is 11.3 Å². The fourth-order valence-corrected chi connectivity index (χ4v) is 4.30. The summed E-state index contributed by atoms with van der Waals surface area (Å²) in [6, 6.07) is 15.1. The monoisotopic (exact) mass is 598 g/mol. The van der Waals surface area contributed by atoms with Crippen LogP contribution in [0.15, 0.2) is 48.5 Å². The molecule has 3 aromatic rings. The number of carbonyl (C=O) groups is 1. The summed E-state index contributed by atoms with van der Waals surface area (Å²) >= 11 is 14.5. The molecular formula is C25H25Cl2IN2O3. The smallest absolute Gasteiger partial charge is 0.262 e. The molecule has 0 saturated heterocycles. The van der Waals surface area contributed by atoms with Crippen LogP contribution < -0.4 is 20.1 Å². The highest BCUT2D eigenvalue weighted by Crippen LogP contribution is 2.35. The van der Waals surface area contributed by atoms with Gasteiger partial charge in [-0.1, -0.05) is 35.3 Å². The number of hydrogen-bond acceptors (Lipinski definition) is 4. The molecular weight excluding hydrogens is 574 g/mol. The van der Waals surface area contributed by atoms with E-state index in [1.54, 1.807) is 12.1 Å². The van der Waals surface area contributed by atoms with E-state index in [1.165, 1.54) is 0 Å². The predicted molar refractivity (Wildman–Crippen MR) is 144 cm³/mol. The van der Waals surface area contributed by atoms with E-state index in [9.17, 15) is 4.79 Å². The second-order valence-corrected chi connectivity index (χ2v) is 9.38. The van der Waals surface area contributed by atoms with Crippen LogP contribution in [0.5, 0.6) is 11.5 Å². The van der Waals surface area contributed by atoms with Crippen LogP contribution >= 0.6 is 45.8 Å². The van der Waals surface area contributed by atoms with Gasteiger partial charge in [0, 0.05) is 28.0 Å². The van der Waals surface area contributed by atoms with E-state index in [0.29, 0.717) is 35.4 Å². The normalized spacial score (nSPS) is 10.6. The largest absolute Gasteiger partial charge is 0.490 e. The molecule has 0 heterocycles. The molecule has 5 nitrogen and oxygen atoms in total. The summed E-state index contributed by atoms with van der Waals surface area (Å²) in [5.74, 6) is 0.850. The van der Waals surface area contributed by atoms with Crippen molar-refractivity contribution in [3.8, 4) is 11.5 Å². The van der Waals surface area contributed by atoms with E-state index in [4.69, 9.17) is 32.7 Å². The Bertz CT molecular complexity index is 1150. The van der Waals surface area contributed by atoms with Crippen LogP contribution in [0.2, 0.25) is 10.0 Å². The first-order valence-corrected chi connectivity index (χ1v) is 12.2. The van der Waals surface area contributed by atoms with Gasteiger partial charge in [-0.15, -0.1) is 0 Å². The van der Waals surface area contributed by atoms with E-state index >= 15 is 0 Å². The van der Waals surface area contributed by atoms with Crippen molar-refractivity contribution in [3.05, 3.63) is 78.8 Å². The van der Waals surface area contributed by atoms with Crippen molar-refractivity contribution in [2.45, 2.75) is 27.3 Å². The number of amides is 1. The number of carbonyl (C=O) groups excluding carboxylic acids is 1. The standard InChI is InChI=1S/C25H25Cl2IN2O3/c1-4-32-23-11-17(13-29-22-7-5-6-19(26)16(22)3)10-21(28)25(23)33-14-24(31)30-18-9-8-15(2)20(27)12-18/h5-12,29H,4,13-14H2,1-3H3,(H,30,31). The fourth-order valence-electron chi connectivity index (χ4n) is 3.13. The van der Waals surface area contributed by atoms with Crippen molar-refractivity contribution in [2.24, 2.45) is 0 Å². The lowest BCUT2D eigenvalue weighted by atomic mass is 10.1. The fraction of sp³-hybridized carbons (Fsp3) is 0.240. The van der Waals surface area contributed by atoms with Crippen molar-refractivity contribution in [3.63, 3.8) is 0 Å². The Morgan fingerprint density at radius 1 is 1.03 bits per heavy atom. The highest BCUT2D eigenvalue weighted by Gasteiger charge is 2.15. The van der Waals surface area contributed by atoms with Gasteiger partial charge in [-0.05, 0) is 96.5 Å². The van der Waals surface area contributed by atoms with Crippen molar-refractivity contribution in [1.29, 1.82) is 0 Å². The highest BCUT2D eigenvalue weighted by molar-refractivity contribution is 14.1. The Balaban J connectivity index is 1.69. The molecule has 1 amide bonds. The number of ether oxygens (including phenoxy) is 2. The molecule has 0 radical (unpaired) electrons. The van der Waals surface area contributed by atoms with E-state index in [1.807, 2.05) is 57.2 Å². The lowest BCUT2D eigenvalue weighted by Crippen LogP contribution is -2.20. The molecule has 174 valence electrons. The topological polar surface area (TPSA) is 59.6 Å². The summed E-state index contributed by atoms with van der Waals surface area (Å²) in [5, 5.41) is 7.53. The number of anilines is 2. The summed E-state index contributed by atoms with van der Waals surface area (Å²) in [5.41, 5.74) is 4.57. The van der Waals surface area contributed by atoms with Crippen LogP contribution in [0.25, 0.3) is 0 Å². The third-order valence-electron chi connectivity index (χ3n) is 4.92. The Labute approximate surface area is 217 Å². The summed E-state index contributed by atoms with van der Waals surface area (Å²) in [6.07, 6.45) is 0. The minimum atomic E-state index is -0.282. The molecule has 8 heteroatoms. The molecule has 0 aliphatic carbocycles. The van der Waals surface area contributed by atoms with Gasteiger partial charge in [-0.25, -0.2) is 0 Å². The number of nitrogens with one attached hydrogen (secondary N) is 2. The van der Waals surface area contributed by atoms with Gasteiger partial charge in [0.15, 0.2) is 18.1 Å². The molecule has 0 bridgehead atoms. The van der Waals surface area contributed by atoms with Crippen molar-refractivity contribution >= 4 is 63.1 Å². The van der Waals surface area contributed by atoms with Crippen LogP contribution in [0, 0.1) is 17.4 Å². The van der Waals surface area contributed by atoms with E-state index < -0.39 is 0 Å². The third-order valence-corrected chi connectivity index (χ3v) is 6.54. The van der Waals surface area contributed by atoms with Gasteiger partial charge in [0.25, 0.3) is 5.91 Å². The molecule has 0 aromatic heterocycles. The average Bonchev–Trinajstić information content (AvgIpc) is 2.77. The zero-order valence-electron chi connectivity index (χ0n) is 18.6. The Morgan fingerprint density at radius 2 is 1.82 bits per heavy atom. The number of benzene rings is 3. The molecule has 0 atom stereocenters. The van der Waals surface area contributed by atoms with Crippen molar-refractivity contribution < 1.29 is 14.3 Å². The number of rotatable bonds is 9. The summed E-state index contributed by atoms with van der Waals surface area (Å²) in [6.45, 7) is 6.71. The summed E-state index contributed by atoms with van der Waals surface area (Å²) in [7, 11) is 0. The minimum Gasteiger partial charge on any atom is -0.490 e. The number of aryl methyl sites for hydroxylation is 1. The lowest BCUT2D eigenvalue weighted by molar-refractivity contribution is -0.118. The number of hydrogen-bond donors (Lipinski definition) is 2. The minimum absolute atomic E-state index is 0.152. The SMILES string of the molecule is CCOc1cc(CNc2cccc(Cl)c2C)cc(I)c1OCC(=O)Nc1ccc(C)c(Cl)c1. The predicted octanol–water partition coefficient (Wildman–Crippen LogP) is 7.24. The van der Waals surface area contributed by atoms with Gasteiger partial charge in [0.2, 0.25) is 0 Å². The zero-order chi connectivity index (χ0) is 24.0. The Hall–Kier alpha value is -2.16. The first-order chi connectivity index (χ1) is 15.8. The average molecular weight is 599 g/mol. The maximum Gasteiger partial charge on any atom is 0.262 e. The lowest BCUT2D eigenvalue weighted by Gasteiger charge is -2.17. The van der Waals surface area contributed by atoms with Crippen LogP contribution in [0.1, 0.15) is 23.6 Å². The first kappa shape index (κ1) is 25.5. The molecule has 33 heavy (non-hydrogen) atoms. The number of halogens is 3. The van der Waals surface area contributed by atoms with Crippen molar-refractivity contribution in [2.75, 3.05) is 23.8 Å². The molecule has 0 fully saturated rings. The molecule has 0 aliphatic rings. The van der Waals surface area contributed by atoms with Crippen LogP contribution in [-0.4, -0.2) is 19.1 Å². The summed E-state index contributed by atoms with van der Waals surface area (Å²) < 4.78 is 12.5. The molecule has 3 rings (SSSR count). The van der Waals surface area contributed by atoms with Gasteiger partial charge < -0.3 is 20.1 Å². The Kier molecular flexibility index (Phi) is 9.11. The van der Waals surface area contributed by atoms with Gasteiger partial charge in [0.1, 0.15) is 0 Å². The van der Waals surface area contributed by atoms with Gasteiger partial charge in [-0.2, -0.15) is 0 Å². The third kappa shape index (κ3) is 6.91. The van der Waals surface area contributed by atoms with Crippen molar-refractivity contribution in [1.82, 2.24) is 0 Å². The molecule has 2 N–H and O–H groups in total. The van der Waals surface area contributed by atoms with Gasteiger partial charge in [0.05, 0.1) is 10.2 Å². The second kappa shape index (κ2) is 11.8. The maximum atomic E-state index is 12.4. The van der Waals surface area contributed by atoms with E-state index in [2.05, 4.69) is 33.2 Å². The molecule has 0 spiro atoms.